The molecule has 1 heterocycles. The molecule has 1 fully saturated rings. The van der Waals surface area contributed by atoms with Gasteiger partial charge in [-0.3, -0.25) is 4.79 Å². The molecule has 1 aliphatic heterocycles. The van der Waals surface area contributed by atoms with E-state index in [1.165, 1.54) is 4.31 Å². The molecule has 0 unspecified atom stereocenters. The molecule has 0 radical (unpaired) electrons. The Hall–Kier alpha value is -0.660. The lowest BCUT2D eigenvalue weighted by atomic mass is 9.94. The molecule has 1 saturated heterocycles. The van der Waals surface area contributed by atoms with Gasteiger partial charge in [0.25, 0.3) is 0 Å². The van der Waals surface area contributed by atoms with Crippen molar-refractivity contribution in [3.05, 3.63) is 0 Å². The molecule has 7 heteroatoms. The Labute approximate surface area is 128 Å². The number of nitrogens with zero attached hydrogens (tertiary/aromatic N) is 1. The van der Waals surface area contributed by atoms with E-state index >= 15 is 0 Å². The molecule has 1 rings (SSSR count). The lowest BCUT2D eigenvalue weighted by molar-refractivity contribution is -0.121. The third-order valence-electron chi connectivity index (χ3n) is 4.31. The minimum absolute atomic E-state index is 0.0513. The van der Waals surface area contributed by atoms with Gasteiger partial charge in [0.05, 0.1) is 5.75 Å². The highest BCUT2D eigenvalue weighted by molar-refractivity contribution is 7.89. The predicted octanol–water partition coefficient (Wildman–Crippen LogP) is 0.826. The van der Waals surface area contributed by atoms with Gasteiger partial charge in [-0.2, -0.15) is 0 Å². The van der Waals surface area contributed by atoms with Crippen LogP contribution in [0.5, 0.6) is 0 Å². The standard InChI is InChI=1S/C14H29N3O3S/c1-3-14(15,4-2)12-16-13(18)8-7-11-21(19,20)17-9-5-6-10-17/h3-12,15H2,1-2H3,(H,16,18). The molecule has 6 nitrogen and oxygen atoms in total. The molecule has 0 saturated carbocycles. The molecule has 0 aliphatic carbocycles. The van der Waals surface area contributed by atoms with Gasteiger partial charge in [0.15, 0.2) is 0 Å². The second-order valence-electron chi connectivity index (χ2n) is 5.87. The average Bonchev–Trinajstić information content (AvgIpc) is 2.99. The first-order chi connectivity index (χ1) is 9.83. The quantitative estimate of drug-likeness (QED) is 0.658. The molecule has 1 aliphatic rings. The van der Waals surface area contributed by atoms with Crippen molar-refractivity contribution in [2.75, 3.05) is 25.4 Å². The topological polar surface area (TPSA) is 92.5 Å². The minimum atomic E-state index is -3.18. The van der Waals surface area contributed by atoms with Gasteiger partial charge >= 0.3 is 0 Å². The summed E-state index contributed by atoms with van der Waals surface area (Å²) in [4.78, 5) is 11.8. The second-order valence-corrected chi connectivity index (χ2v) is 7.96. The smallest absolute Gasteiger partial charge is 0.220 e. The molecule has 0 atom stereocenters. The Morgan fingerprint density at radius 2 is 1.81 bits per heavy atom. The lowest BCUT2D eigenvalue weighted by Crippen LogP contribution is -2.49. The van der Waals surface area contributed by atoms with Crippen LogP contribution in [0.15, 0.2) is 0 Å². The number of hydrogen-bond donors (Lipinski definition) is 2. The van der Waals surface area contributed by atoms with Crippen molar-refractivity contribution < 1.29 is 13.2 Å². The van der Waals surface area contributed by atoms with Crippen molar-refractivity contribution in [1.82, 2.24) is 9.62 Å². The molecular formula is C14H29N3O3S. The molecule has 0 aromatic carbocycles. The van der Waals surface area contributed by atoms with Gasteiger partial charge in [0, 0.05) is 31.6 Å². The van der Waals surface area contributed by atoms with E-state index in [9.17, 15) is 13.2 Å². The number of carbonyl (C=O) groups is 1. The Kier molecular flexibility index (Phi) is 7.09. The molecule has 0 aromatic rings. The number of amides is 1. The van der Waals surface area contributed by atoms with Crippen LogP contribution in [0.25, 0.3) is 0 Å². The molecule has 1 amide bonds. The fourth-order valence-electron chi connectivity index (χ4n) is 2.37. The Balaban J connectivity index is 2.27. The number of hydrogen-bond acceptors (Lipinski definition) is 4. The van der Waals surface area contributed by atoms with Crippen LogP contribution in [0, 0.1) is 0 Å². The number of rotatable bonds is 9. The Bertz CT molecular complexity index is 427. The van der Waals surface area contributed by atoms with Crippen molar-refractivity contribution in [3.63, 3.8) is 0 Å². The first-order valence-electron chi connectivity index (χ1n) is 7.86. The third kappa shape index (κ3) is 5.92. The summed E-state index contributed by atoms with van der Waals surface area (Å²) in [6.45, 7) is 5.68. The van der Waals surface area contributed by atoms with Gasteiger partial charge in [0.1, 0.15) is 0 Å². The molecule has 21 heavy (non-hydrogen) atoms. The van der Waals surface area contributed by atoms with E-state index in [-0.39, 0.29) is 23.6 Å². The van der Waals surface area contributed by atoms with Crippen LogP contribution in [-0.4, -0.2) is 49.6 Å². The Morgan fingerprint density at radius 3 is 2.33 bits per heavy atom. The van der Waals surface area contributed by atoms with Crippen molar-refractivity contribution in [1.29, 1.82) is 0 Å². The minimum Gasteiger partial charge on any atom is -0.354 e. The molecule has 0 bridgehead atoms. The third-order valence-corrected chi connectivity index (χ3v) is 6.27. The molecule has 124 valence electrons. The van der Waals surface area contributed by atoms with E-state index in [0.717, 1.165) is 25.7 Å². The van der Waals surface area contributed by atoms with E-state index in [4.69, 9.17) is 5.73 Å². The second kappa shape index (κ2) is 8.10. The highest BCUT2D eigenvalue weighted by Crippen LogP contribution is 2.14. The summed E-state index contributed by atoms with van der Waals surface area (Å²) in [7, 11) is -3.18. The van der Waals surface area contributed by atoms with Gasteiger partial charge in [-0.05, 0) is 32.1 Å². The van der Waals surface area contributed by atoms with E-state index < -0.39 is 10.0 Å². The van der Waals surface area contributed by atoms with Gasteiger partial charge in [-0.1, -0.05) is 13.8 Å². The highest BCUT2D eigenvalue weighted by atomic mass is 32.2. The largest absolute Gasteiger partial charge is 0.354 e. The van der Waals surface area contributed by atoms with E-state index in [1.807, 2.05) is 13.8 Å². The molecular weight excluding hydrogens is 290 g/mol. The zero-order chi connectivity index (χ0) is 15.9. The maximum atomic E-state index is 12.0. The van der Waals surface area contributed by atoms with E-state index in [2.05, 4.69) is 5.32 Å². The van der Waals surface area contributed by atoms with Gasteiger partial charge in [-0.15, -0.1) is 0 Å². The predicted molar refractivity (Wildman–Crippen MR) is 84.3 cm³/mol. The SMILES string of the molecule is CCC(N)(CC)CNC(=O)CCCS(=O)(=O)N1CCCC1. The van der Waals surface area contributed by atoms with E-state index in [1.54, 1.807) is 0 Å². The summed E-state index contributed by atoms with van der Waals surface area (Å²) in [5, 5.41) is 2.81. The van der Waals surface area contributed by atoms with Crippen LogP contribution >= 0.6 is 0 Å². The summed E-state index contributed by atoms with van der Waals surface area (Å²) in [5.41, 5.74) is 5.74. The normalized spacial score (nSPS) is 17.1. The molecule has 0 spiro atoms. The summed E-state index contributed by atoms with van der Waals surface area (Å²) in [6, 6.07) is 0. The van der Waals surface area contributed by atoms with Crippen molar-refractivity contribution in [2.24, 2.45) is 5.73 Å². The zero-order valence-corrected chi connectivity index (χ0v) is 14.0. The van der Waals surface area contributed by atoms with Crippen LogP contribution in [0.4, 0.5) is 0 Å². The van der Waals surface area contributed by atoms with Crippen LogP contribution in [0.2, 0.25) is 0 Å². The fraction of sp³-hybridized carbons (Fsp3) is 0.929. The van der Waals surface area contributed by atoms with Crippen molar-refractivity contribution in [2.45, 2.75) is 57.9 Å². The maximum Gasteiger partial charge on any atom is 0.220 e. The van der Waals surface area contributed by atoms with E-state index in [0.29, 0.717) is 26.1 Å². The number of nitrogens with two attached hydrogens (primary N) is 1. The first-order valence-corrected chi connectivity index (χ1v) is 9.47. The zero-order valence-electron chi connectivity index (χ0n) is 13.2. The Morgan fingerprint density at radius 1 is 1.24 bits per heavy atom. The highest BCUT2D eigenvalue weighted by Gasteiger charge is 2.25. The molecule has 0 aromatic heterocycles. The van der Waals surface area contributed by atoms with Gasteiger partial charge in [-0.25, -0.2) is 12.7 Å². The monoisotopic (exact) mass is 319 g/mol. The number of carbonyl (C=O) groups excluding carboxylic acids is 1. The van der Waals surface area contributed by atoms with Crippen LogP contribution in [0.1, 0.15) is 52.4 Å². The van der Waals surface area contributed by atoms with Crippen LogP contribution in [0.3, 0.4) is 0 Å². The summed E-state index contributed by atoms with van der Waals surface area (Å²) in [5.74, 6) is -0.0706. The average molecular weight is 319 g/mol. The van der Waals surface area contributed by atoms with Crippen molar-refractivity contribution in [3.8, 4) is 0 Å². The molecule has 3 N–H and O–H groups in total. The maximum absolute atomic E-state index is 12.0. The number of nitrogens with one attached hydrogen (secondary N) is 1. The van der Waals surface area contributed by atoms with Crippen LogP contribution in [-0.2, 0) is 14.8 Å². The van der Waals surface area contributed by atoms with Crippen LogP contribution < -0.4 is 11.1 Å². The fourth-order valence-corrected chi connectivity index (χ4v) is 3.96. The lowest BCUT2D eigenvalue weighted by Gasteiger charge is -2.26. The summed E-state index contributed by atoms with van der Waals surface area (Å²) >= 11 is 0. The summed E-state index contributed by atoms with van der Waals surface area (Å²) < 4.78 is 25.5. The first kappa shape index (κ1) is 18.4. The van der Waals surface area contributed by atoms with Gasteiger partial charge < -0.3 is 11.1 Å². The summed E-state index contributed by atoms with van der Waals surface area (Å²) in [6.07, 6.45) is 4.07. The number of sulfonamides is 1. The van der Waals surface area contributed by atoms with Gasteiger partial charge in [0.2, 0.25) is 15.9 Å². The van der Waals surface area contributed by atoms with Crippen molar-refractivity contribution >= 4 is 15.9 Å².